The Morgan fingerprint density at radius 3 is 2.94 bits per heavy atom. The number of hydrazine groups is 1. The Hall–Kier alpha value is -0.770. The van der Waals surface area contributed by atoms with Crippen LogP contribution in [0.1, 0.15) is 31.4 Å². The van der Waals surface area contributed by atoms with Crippen molar-refractivity contribution in [2.45, 2.75) is 39.2 Å². The Morgan fingerprint density at radius 2 is 2.28 bits per heavy atom. The van der Waals surface area contributed by atoms with E-state index < -0.39 is 0 Å². The smallest absolute Gasteiger partial charge is 0.125 e. The van der Waals surface area contributed by atoms with Gasteiger partial charge in [-0.1, -0.05) is 31.9 Å². The van der Waals surface area contributed by atoms with Crippen LogP contribution in [0.2, 0.25) is 5.02 Å². The lowest BCUT2D eigenvalue weighted by Gasteiger charge is -2.23. The van der Waals surface area contributed by atoms with Crippen LogP contribution in [0.3, 0.4) is 0 Å². The van der Waals surface area contributed by atoms with Crippen molar-refractivity contribution >= 4 is 11.6 Å². The van der Waals surface area contributed by atoms with Gasteiger partial charge in [0.25, 0.3) is 0 Å². The van der Waals surface area contributed by atoms with Crippen molar-refractivity contribution in [3.63, 3.8) is 0 Å². The lowest BCUT2D eigenvalue weighted by Crippen LogP contribution is -2.41. The third kappa shape index (κ3) is 2.79. The van der Waals surface area contributed by atoms with Gasteiger partial charge in [-0.15, -0.1) is 0 Å². The van der Waals surface area contributed by atoms with Gasteiger partial charge < -0.3 is 4.74 Å². The lowest BCUT2D eigenvalue weighted by molar-refractivity contribution is 0.340. The SMILES string of the molecule is CCC(C)C(Cc1cc(Cl)cc2c1OCC2)NN. The van der Waals surface area contributed by atoms with Crippen LogP contribution < -0.4 is 16.0 Å². The summed E-state index contributed by atoms with van der Waals surface area (Å²) in [6.45, 7) is 5.14. The van der Waals surface area contributed by atoms with E-state index in [0.717, 1.165) is 36.6 Å². The van der Waals surface area contributed by atoms with Crippen molar-refractivity contribution in [2.75, 3.05) is 6.61 Å². The number of fused-ring (bicyclic) bond motifs is 1. The number of rotatable bonds is 5. The molecule has 0 saturated carbocycles. The molecular weight excluding hydrogens is 248 g/mol. The molecule has 0 spiro atoms. The van der Waals surface area contributed by atoms with E-state index in [-0.39, 0.29) is 6.04 Å². The molecule has 1 aliphatic heterocycles. The second-order valence-corrected chi connectivity index (χ2v) is 5.45. The minimum atomic E-state index is 0.252. The molecule has 0 radical (unpaired) electrons. The Morgan fingerprint density at radius 1 is 1.50 bits per heavy atom. The van der Waals surface area contributed by atoms with Gasteiger partial charge in [-0.05, 0) is 35.6 Å². The van der Waals surface area contributed by atoms with Crippen LogP contribution in [0.15, 0.2) is 12.1 Å². The number of hydrogen-bond acceptors (Lipinski definition) is 3. The third-order valence-corrected chi connectivity index (χ3v) is 4.03. The summed E-state index contributed by atoms with van der Waals surface area (Å²) in [5, 5.41) is 0.786. The maximum absolute atomic E-state index is 6.16. The molecule has 0 saturated heterocycles. The summed E-state index contributed by atoms with van der Waals surface area (Å²) in [5.41, 5.74) is 5.30. The Balaban J connectivity index is 2.23. The molecule has 2 rings (SSSR count). The molecule has 4 heteroatoms. The molecule has 2 atom stereocenters. The predicted octanol–water partition coefficient (Wildman–Crippen LogP) is 2.70. The van der Waals surface area contributed by atoms with Crippen molar-refractivity contribution in [1.29, 1.82) is 0 Å². The number of benzene rings is 1. The molecule has 0 aromatic heterocycles. The maximum Gasteiger partial charge on any atom is 0.125 e. The average molecular weight is 269 g/mol. The molecular formula is C14H21ClN2O. The highest BCUT2D eigenvalue weighted by atomic mass is 35.5. The molecule has 0 bridgehead atoms. The highest BCUT2D eigenvalue weighted by molar-refractivity contribution is 6.30. The molecule has 1 aromatic carbocycles. The molecule has 1 aliphatic rings. The van der Waals surface area contributed by atoms with Crippen molar-refractivity contribution in [2.24, 2.45) is 11.8 Å². The van der Waals surface area contributed by atoms with Gasteiger partial charge in [0.2, 0.25) is 0 Å². The number of nitrogens with one attached hydrogen (secondary N) is 1. The first kappa shape index (κ1) is 13.7. The molecule has 18 heavy (non-hydrogen) atoms. The highest BCUT2D eigenvalue weighted by Crippen LogP contribution is 2.34. The minimum absolute atomic E-state index is 0.252. The van der Waals surface area contributed by atoms with E-state index in [1.54, 1.807) is 0 Å². The molecule has 0 fully saturated rings. The van der Waals surface area contributed by atoms with Gasteiger partial charge in [-0.3, -0.25) is 11.3 Å². The highest BCUT2D eigenvalue weighted by Gasteiger charge is 2.22. The van der Waals surface area contributed by atoms with Gasteiger partial charge in [0, 0.05) is 17.5 Å². The van der Waals surface area contributed by atoms with Gasteiger partial charge in [0.05, 0.1) is 6.61 Å². The van der Waals surface area contributed by atoms with E-state index in [0.29, 0.717) is 5.92 Å². The molecule has 0 amide bonds. The van der Waals surface area contributed by atoms with Crippen LogP contribution in [0.25, 0.3) is 0 Å². The number of ether oxygens (including phenoxy) is 1. The second kappa shape index (κ2) is 5.91. The molecule has 1 heterocycles. The summed E-state index contributed by atoms with van der Waals surface area (Å²) < 4.78 is 5.72. The molecule has 2 unspecified atom stereocenters. The molecule has 100 valence electrons. The fourth-order valence-electron chi connectivity index (χ4n) is 2.44. The standard InChI is InChI=1S/C14H21ClN2O/c1-3-9(2)13(17-16)8-11-7-12(15)6-10-4-5-18-14(10)11/h6-7,9,13,17H,3-5,8,16H2,1-2H3. The van der Waals surface area contributed by atoms with Gasteiger partial charge >= 0.3 is 0 Å². The van der Waals surface area contributed by atoms with Gasteiger partial charge in [-0.2, -0.15) is 0 Å². The van der Waals surface area contributed by atoms with Crippen LogP contribution in [0.5, 0.6) is 5.75 Å². The number of hydrogen-bond donors (Lipinski definition) is 2. The molecule has 0 aliphatic carbocycles. The molecule has 3 nitrogen and oxygen atoms in total. The quantitative estimate of drug-likeness (QED) is 0.638. The zero-order chi connectivity index (χ0) is 13.1. The van der Waals surface area contributed by atoms with Gasteiger partial charge in [-0.25, -0.2) is 0 Å². The summed E-state index contributed by atoms with van der Waals surface area (Å²) in [6, 6.07) is 4.25. The average Bonchev–Trinajstić information content (AvgIpc) is 2.82. The van der Waals surface area contributed by atoms with Crippen molar-refractivity contribution in [1.82, 2.24) is 5.43 Å². The minimum Gasteiger partial charge on any atom is -0.493 e. The van der Waals surface area contributed by atoms with Gasteiger partial charge in [0.15, 0.2) is 0 Å². The monoisotopic (exact) mass is 268 g/mol. The Bertz CT molecular complexity index is 423. The van der Waals surface area contributed by atoms with E-state index in [4.69, 9.17) is 22.2 Å². The molecule has 3 N–H and O–H groups in total. The predicted molar refractivity (Wildman–Crippen MR) is 74.9 cm³/mol. The summed E-state index contributed by atoms with van der Waals surface area (Å²) in [4.78, 5) is 0. The Kier molecular flexibility index (Phi) is 4.49. The molecule has 1 aromatic rings. The summed E-state index contributed by atoms with van der Waals surface area (Å²) in [5.74, 6) is 7.19. The van der Waals surface area contributed by atoms with E-state index in [9.17, 15) is 0 Å². The second-order valence-electron chi connectivity index (χ2n) is 5.01. The topological polar surface area (TPSA) is 47.3 Å². The summed E-state index contributed by atoms with van der Waals surface area (Å²) in [7, 11) is 0. The number of halogens is 1. The number of nitrogens with two attached hydrogens (primary N) is 1. The normalized spacial score (nSPS) is 17.1. The van der Waals surface area contributed by atoms with Crippen LogP contribution >= 0.6 is 11.6 Å². The van der Waals surface area contributed by atoms with Crippen molar-refractivity contribution in [3.05, 3.63) is 28.3 Å². The van der Waals surface area contributed by atoms with E-state index in [1.165, 1.54) is 11.1 Å². The summed E-state index contributed by atoms with van der Waals surface area (Å²) >= 11 is 6.16. The van der Waals surface area contributed by atoms with Crippen molar-refractivity contribution in [3.8, 4) is 5.75 Å². The summed E-state index contributed by atoms with van der Waals surface area (Å²) in [6.07, 6.45) is 2.90. The van der Waals surface area contributed by atoms with E-state index in [1.807, 2.05) is 12.1 Å². The Labute approximate surface area is 114 Å². The first-order valence-electron chi connectivity index (χ1n) is 6.56. The fraction of sp³-hybridized carbons (Fsp3) is 0.571. The van der Waals surface area contributed by atoms with E-state index >= 15 is 0 Å². The van der Waals surface area contributed by atoms with E-state index in [2.05, 4.69) is 19.3 Å². The fourth-order valence-corrected chi connectivity index (χ4v) is 2.71. The van der Waals surface area contributed by atoms with Crippen LogP contribution in [0, 0.1) is 5.92 Å². The zero-order valence-corrected chi connectivity index (χ0v) is 11.8. The first-order valence-corrected chi connectivity index (χ1v) is 6.93. The largest absolute Gasteiger partial charge is 0.493 e. The van der Waals surface area contributed by atoms with Crippen LogP contribution in [0.4, 0.5) is 0 Å². The third-order valence-electron chi connectivity index (χ3n) is 3.81. The van der Waals surface area contributed by atoms with Crippen LogP contribution in [-0.2, 0) is 12.8 Å². The lowest BCUT2D eigenvalue weighted by atomic mass is 9.92. The van der Waals surface area contributed by atoms with Gasteiger partial charge in [0.1, 0.15) is 5.75 Å². The van der Waals surface area contributed by atoms with Crippen LogP contribution in [-0.4, -0.2) is 12.6 Å². The maximum atomic E-state index is 6.16. The zero-order valence-electron chi connectivity index (χ0n) is 11.0. The van der Waals surface area contributed by atoms with Crippen molar-refractivity contribution < 1.29 is 4.74 Å². The first-order chi connectivity index (χ1) is 8.65.